The maximum Gasteiger partial charge on any atom is 0.307 e. The number of nitrogens with zero attached hydrogens (tertiary/aromatic N) is 2. The molecule has 1 N–H and O–H groups in total. The van der Waals surface area contributed by atoms with Crippen molar-refractivity contribution in [1.82, 2.24) is 9.55 Å². The number of hydrogen-bond acceptors (Lipinski definition) is 4. The van der Waals surface area contributed by atoms with Crippen LogP contribution in [0.25, 0.3) is 21.1 Å². The second-order valence-corrected chi connectivity index (χ2v) is 7.82. The van der Waals surface area contributed by atoms with E-state index in [2.05, 4.69) is 10.6 Å². The molecule has 4 aromatic rings. The number of para-hydroxylation sites is 1. The van der Waals surface area contributed by atoms with E-state index < -0.39 is 5.97 Å². The van der Waals surface area contributed by atoms with Crippen LogP contribution >= 0.6 is 22.9 Å². The van der Waals surface area contributed by atoms with Gasteiger partial charge in [0.2, 0.25) is 0 Å². The minimum atomic E-state index is -0.869. The van der Waals surface area contributed by atoms with Crippen molar-refractivity contribution in [3.05, 3.63) is 57.7 Å². The number of thiazole rings is 1. The van der Waals surface area contributed by atoms with Gasteiger partial charge in [-0.15, -0.1) is 11.3 Å². The Bertz CT molecular complexity index is 1150. The molecule has 2 heterocycles. The number of hydrogen-bond donors (Lipinski definition) is 1. The molecule has 0 fully saturated rings. The van der Waals surface area contributed by atoms with Crippen LogP contribution in [-0.4, -0.2) is 27.7 Å². The SMILES string of the molecule is COc1cc2c(CC(=O)O)c(C)n(Cc3nc4ccccc4s3)c2cc1Cl. The fraction of sp³-hybridized carbons (Fsp3) is 0.200. The largest absolute Gasteiger partial charge is 0.495 e. The molecule has 0 bridgehead atoms. The fourth-order valence-corrected chi connectivity index (χ4v) is 4.60. The second-order valence-electron chi connectivity index (χ2n) is 6.30. The molecule has 0 saturated heterocycles. The summed E-state index contributed by atoms with van der Waals surface area (Å²) >= 11 is 7.98. The molecular weight excluding hydrogens is 384 g/mol. The monoisotopic (exact) mass is 400 g/mol. The van der Waals surface area contributed by atoms with Crippen LogP contribution < -0.4 is 4.74 Å². The Hall–Kier alpha value is -2.57. The first-order valence-electron chi connectivity index (χ1n) is 8.39. The molecule has 2 aromatic carbocycles. The number of rotatable bonds is 5. The van der Waals surface area contributed by atoms with Crippen molar-refractivity contribution in [2.45, 2.75) is 19.9 Å². The van der Waals surface area contributed by atoms with Gasteiger partial charge in [0.15, 0.2) is 0 Å². The molecule has 0 aliphatic carbocycles. The summed E-state index contributed by atoms with van der Waals surface area (Å²) < 4.78 is 8.53. The fourth-order valence-electron chi connectivity index (χ4n) is 3.40. The van der Waals surface area contributed by atoms with Gasteiger partial charge in [0.1, 0.15) is 10.8 Å². The third-order valence-corrected chi connectivity index (χ3v) is 6.00. The van der Waals surface area contributed by atoms with Crippen LogP contribution in [-0.2, 0) is 17.8 Å². The van der Waals surface area contributed by atoms with Crippen LogP contribution in [0.3, 0.4) is 0 Å². The summed E-state index contributed by atoms with van der Waals surface area (Å²) in [4.78, 5) is 16.1. The molecule has 0 unspecified atom stereocenters. The smallest absolute Gasteiger partial charge is 0.307 e. The minimum Gasteiger partial charge on any atom is -0.495 e. The van der Waals surface area contributed by atoms with Gasteiger partial charge in [0.05, 0.1) is 40.8 Å². The number of benzene rings is 2. The first kappa shape index (κ1) is 17.8. The Labute approximate surface area is 164 Å². The quantitative estimate of drug-likeness (QED) is 0.517. The van der Waals surface area contributed by atoms with Crippen molar-refractivity contribution in [2.24, 2.45) is 0 Å². The number of carboxylic acids is 1. The maximum atomic E-state index is 11.4. The number of halogens is 1. The predicted octanol–water partition coefficient (Wildman–Crippen LogP) is 4.90. The number of fused-ring (bicyclic) bond motifs is 2. The van der Waals surface area contributed by atoms with E-state index in [0.29, 0.717) is 17.3 Å². The zero-order chi connectivity index (χ0) is 19.1. The molecule has 5 nitrogen and oxygen atoms in total. The zero-order valence-corrected chi connectivity index (χ0v) is 16.4. The third-order valence-electron chi connectivity index (χ3n) is 4.69. The standard InChI is InChI=1S/C20H17ClN2O3S/c1-11-12(8-20(24)25)13-7-17(26-2)14(21)9-16(13)23(11)10-19-22-15-5-3-4-6-18(15)27-19/h3-7,9H,8,10H2,1-2H3,(H,24,25). The first-order valence-corrected chi connectivity index (χ1v) is 9.59. The van der Waals surface area contributed by atoms with Gasteiger partial charge < -0.3 is 14.4 Å². The van der Waals surface area contributed by atoms with Crippen LogP contribution in [0, 0.1) is 6.92 Å². The molecule has 0 atom stereocenters. The van der Waals surface area contributed by atoms with Crippen molar-refractivity contribution >= 4 is 50.0 Å². The van der Waals surface area contributed by atoms with Crippen molar-refractivity contribution in [2.75, 3.05) is 7.11 Å². The molecule has 7 heteroatoms. The second kappa shape index (κ2) is 6.87. The Kier molecular flexibility index (Phi) is 4.53. The minimum absolute atomic E-state index is 0.0556. The highest BCUT2D eigenvalue weighted by molar-refractivity contribution is 7.18. The Morgan fingerprint density at radius 1 is 1.33 bits per heavy atom. The summed E-state index contributed by atoms with van der Waals surface area (Å²) in [6.07, 6.45) is -0.0556. The van der Waals surface area contributed by atoms with E-state index in [9.17, 15) is 9.90 Å². The first-order chi connectivity index (χ1) is 13.0. The van der Waals surface area contributed by atoms with Gasteiger partial charge in [0, 0.05) is 11.1 Å². The van der Waals surface area contributed by atoms with Gasteiger partial charge in [-0.1, -0.05) is 23.7 Å². The number of aliphatic carboxylic acids is 1. The lowest BCUT2D eigenvalue weighted by Crippen LogP contribution is -2.04. The van der Waals surface area contributed by atoms with Crippen LogP contribution in [0.4, 0.5) is 0 Å². The number of aromatic nitrogens is 2. The van der Waals surface area contributed by atoms with Gasteiger partial charge >= 0.3 is 5.97 Å². The van der Waals surface area contributed by atoms with Gasteiger partial charge in [-0.3, -0.25) is 4.79 Å². The van der Waals surface area contributed by atoms with Gasteiger partial charge in [-0.05, 0) is 36.8 Å². The predicted molar refractivity (Wildman–Crippen MR) is 108 cm³/mol. The van der Waals surface area contributed by atoms with E-state index in [1.54, 1.807) is 18.4 Å². The molecule has 27 heavy (non-hydrogen) atoms. The van der Waals surface area contributed by atoms with Crippen molar-refractivity contribution < 1.29 is 14.6 Å². The molecule has 138 valence electrons. The van der Waals surface area contributed by atoms with Crippen molar-refractivity contribution in [3.63, 3.8) is 0 Å². The van der Waals surface area contributed by atoms with Crippen LogP contribution in [0.5, 0.6) is 5.75 Å². The molecule has 0 spiro atoms. The lowest BCUT2D eigenvalue weighted by molar-refractivity contribution is -0.136. The molecule has 0 saturated carbocycles. The van der Waals surface area contributed by atoms with Gasteiger partial charge in [-0.2, -0.15) is 0 Å². The van der Waals surface area contributed by atoms with Crippen LogP contribution in [0.15, 0.2) is 36.4 Å². The molecule has 0 radical (unpaired) electrons. The Morgan fingerprint density at radius 3 is 2.81 bits per heavy atom. The molecule has 0 aliphatic heterocycles. The molecule has 0 aliphatic rings. The summed E-state index contributed by atoms with van der Waals surface area (Å²) in [7, 11) is 1.55. The lowest BCUT2D eigenvalue weighted by atomic mass is 10.1. The highest BCUT2D eigenvalue weighted by Crippen LogP contribution is 2.36. The van der Waals surface area contributed by atoms with E-state index in [1.165, 1.54) is 0 Å². The average Bonchev–Trinajstić information content (AvgIpc) is 3.15. The lowest BCUT2D eigenvalue weighted by Gasteiger charge is -2.08. The van der Waals surface area contributed by atoms with Gasteiger partial charge in [0.25, 0.3) is 0 Å². The topological polar surface area (TPSA) is 64.3 Å². The zero-order valence-electron chi connectivity index (χ0n) is 14.8. The van der Waals surface area contributed by atoms with E-state index in [0.717, 1.165) is 37.4 Å². The van der Waals surface area contributed by atoms with Crippen LogP contribution in [0.2, 0.25) is 5.02 Å². The summed E-state index contributed by atoms with van der Waals surface area (Å²) in [5.41, 5.74) is 3.52. The Balaban J connectivity index is 1.89. The van der Waals surface area contributed by atoms with E-state index >= 15 is 0 Å². The highest BCUT2D eigenvalue weighted by atomic mass is 35.5. The number of ether oxygens (including phenoxy) is 1. The van der Waals surface area contributed by atoms with Crippen molar-refractivity contribution in [1.29, 1.82) is 0 Å². The summed E-state index contributed by atoms with van der Waals surface area (Å²) in [5.74, 6) is -0.334. The Morgan fingerprint density at radius 2 is 2.11 bits per heavy atom. The molecule has 2 aromatic heterocycles. The van der Waals surface area contributed by atoms with E-state index in [4.69, 9.17) is 21.3 Å². The van der Waals surface area contributed by atoms with E-state index in [1.807, 2.05) is 37.3 Å². The molecular formula is C20H17ClN2O3S. The summed E-state index contributed by atoms with van der Waals surface area (Å²) in [6.45, 7) is 2.50. The normalized spacial score (nSPS) is 11.4. The highest BCUT2D eigenvalue weighted by Gasteiger charge is 2.19. The number of methoxy groups -OCH3 is 1. The summed E-state index contributed by atoms with van der Waals surface area (Å²) in [6, 6.07) is 11.7. The number of carbonyl (C=O) groups is 1. The van der Waals surface area contributed by atoms with Gasteiger partial charge in [-0.25, -0.2) is 4.98 Å². The number of carboxylic acid groups (broad SMARTS) is 1. The van der Waals surface area contributed by atoms with Crippen molar-refractivity contribution in [3.8, 4) is 5.75 Å². The van der Waals surface area contributed by atoms with Crippen LogP contribution in [0.1, 0.15) is 16.3 Å². The molecule has 0 amide bonds. The maximum absolute atomic E-state index is 11.4. The molecule has 4 rings (SSSR count). The van der Waals surface area contributed by atoms with E-state index in [-0.39, 0.29) is 6.42 Å². The average molecular weight is 401 g/mol. The summed E-state index contributed by atoms with van der Waals surface area (Å²) in [5, 5.41) is 11.7. The third kappa shape index (κ3) is 3.15.